The van der Waals surface area contributed by atoms with Gasteiger partial charge in [0, 0.05) is 16.8 Å². The zero-order valence-corrected chi connectivity index (χ0v) is 14.8. The molecule has 0 atom stereocenters. The summed E-state index contributed by atoms with van der Waals surface area (Å²) in [5, 5.41) is 56.0. The van der Waals surface area contributed by atoms with E-state index in [0.717, 1.165) is 12.1 Å². The Labute approximate surface area is 164 Å². The van der Waals surface area contributed by atoms with Crippen LogP contribution in [-0.2, 0) is 0 Å². The molecular weight excluding hydrogens is 400 g/mol. The molecule has 3 aromatic carbocycles. The second-order valence-electron chi connectivity index (χ2n) is 6.29. The summed E-state index contributed by atoms with van der Waals surface area (Å²) >= 11 is 0. The first-order valence-electron chi connectivity index (χ1n) is 8.29. The molecule has 0 saturated heterocycles. The van der Waals surface area contributed by atoms with Crippen molar-refractivity contribution in [3.8, 4) is 34.5 Å². The molecule has 0 spiro atoms. The van der Waals surface area contributed by atoms with Crippen LogP contribution in [0.3, 0.4) is 0 Å². The van der Waals surface area contributed by atoms with E-state index in [1.54, 1.807) is 6.07 Å². The molecule has 30 heavy (non-hydrogen) atoms. The zero-order chi connectivity index (χ0) is 21.7. The summed E-state index contributed by atoms with van der Waals surface area (Å²) in [4.78, 5) is 24.0. The number of phenolic OH excluding ortho intramolecular Hbond substituents is 6. The fourth-order valence-electron chi connectivity index (χ4n) is 3.07. The molecule has 2 heterocycles. The van der Waals surface area contributed by atoms with Gasteiger partial charge in [0.05, 0.1) is 10.8 Å². The molecule has 0 unspecified atom stereocenters. The summed E-state index contributed by atoms with van der Waals surface area (Å²) in [5.41, 5.74) is -2.70. The van der Waals surface area contributed by atoms with Crippen molar-refractivity contribution in [2.45, 2.75) is 0 Å². The van der Waals surface area contributed by atoms with Crippen molar-refractivity contribution in [1.29, 1.82) is 0 Å². The minimum Gasteiger partial charge on any atom is -0.508 e. The lowest BCUT2D eigenvalue weighted by Crippen LogP contribution is -2.06. The fraction of sp³-hybridized carbons (Fsp3) is 0. The predicted octanol–water partition coefficient (Wildman–Crippen LogP) is 2.41. The van der Waals surface area contributed by atoms with Gasteiger partial charge in [0.15, 0.2) is 22.7 Å². The Hall–Kier alpha value is -4.60. The molecule has 0 aliphatic rings. The van der Waals surface area contributed by atoms with E-state index >= 15 is 0 Å². The van der Waals surface area contributed by atoms with E-state index in [0.29, 0.717) is 0 Å². The molecule has 0 aliphatic heterocycles. The Morgan fingerprint density at radius 1 is 0.600 bits per heavy atom. The normalized spacial score (nSPS) is 11.1. The molecule has 10 nitrogen and oxygen atoms in total. The van der Waals surface area contributed by atoms with Crippen molar-refractivity contribution in [2.24, 2.45) is 0 Å². The maximum absolute atomic E-state index is 12.0. The van der Waals surface area contributed by atoms with E-state index in [2.05, 4.69) is 0 Å². The number of phenols is 6. The molecule has 152 valence electrons. The lowest BCUT2D eigenvalue weighted by Gasteiger charge is -2.10. The summed E-state index contributed by atoms with van der Waals surface area (Å²) in [6.45, 7) is 0. The minimum atomic E-state index is -0.941. The van der Waals surface area contributed by atoms with E-state index in [9.17, 15) is 30.0 Å². The van der Waals surface area contributed by atoms with Crippen LogP contribution in [0.5, 0.6) is 34.5 Å². The van der Waals surface area contributed by atoms with Gasteiger partial charge in [-0.3, -0.25) is 0 Å². The van der Waals surface area contributed by atoms with Crippen molar-refractivity contribution in [2.75, 3.05) is 0 Å². The summed E-state index contributed by atoms with van der Waals surface area (Å²) < 4.78 is 9.87. The lowest BCUT2D eigenvalue weighted by atomic mass is 10.0. The monoisotopic (exact) mass is 412 g/mol. The molecule has 0 fully saturated rings. The maximum Gasteiger partial charge on any atom is 0.344 e. The van der Waals surface area contributed by atoms with Crippen molar-refractivity contribution in [3.05, 3.63) is 57.2 Å². The summed E-state index contributed by atoms with van der Waals surface area (Å²) in [5.74, 6) is -2.58. The van der Waals surface area contributed by atoms with E-state index in [-0.39, 0.29) is 33.0 Å². The average Bonchev–Trinajstić information content (AvgIpc) is 2.68. The van der Waals surface area contributed by atoms with Crippen molar-refractivity contribution in [1.82, 2.24) is 0 Å². The SMILES string of the molecule is O=c1oc2c(O)c(O)cc3c(=O)oc4c(O)c(O)cc1c4c23.Oc1cccc(O)c1. The standard InChI is InChI=1S/C14H6O8.C6H6O2/c15-5-1-3-7-8-4(14(20)22-11(7)9(5)17)2-6(16)10(18)12(8)21-13(3)19;7-5-2-1-3-6(8)4-5/h1-2,15-18H;1-4,7-8H. The van der Waals surface area contributed by atoms with Gasteiger partial charge in [-0.05, 0) is 24.3 Å². The van der Waals surface area contributed by atoms with E-state index in [4.69, 9.17) is 19.0 Å². The zero-order valence-electron chi connectivity index (χ0n) is 14.8. The van der Waals surface area contributed by atoms with Gasteiger partial charge >= 0.3 is 11.3 Å². The number of benzene rings is 3. The Morgan fingerprint density at radius 2 is 1.00 bits per heavy atom. The molecule has 6 N–H and O–H groups in total. The smallest absolute Gasteiger partial charge is 0.344 e. The highest BCUT2D eigenvalue weighted by Gasteiger charge is 2.24. The Kier molecular flexibility index (Phi) is 4.05. The Bertz CT molecular complexity index is 1430. The first-order chi connectivity index (χ1) is 14.2. The number of aromatic hydroxyl groups is 6. The number of hydrogen-bond acceptors (Lipinski definition) is 10. The minimum absolute atomic E-state index is 0.00597. The molecule has 2 aromatic heterocycles. The number of rotatable bonds is 0. The molecule has 0 amide bonds. The van der Waals surface area contributed by atoms with E-state index in [1.807, 2.05) is 0 Å². The van der Waals surface area contributed by atoms with E-state index in [1.165, 1.54) is 18.2 Å². The third-order valence-electron chi connectivity index (χ3n) is 4.38. The van der Waals surface area contributed by atoms with Crippen LogP contribution in [0.2, 0.25) is 0 Å². The average molecular weight is 412 g/mol. The molecular formula is C20H12O10. The summed E-state index contributed by atoms with van der Waals surface area (Å²) in [7, 11) is 0. The van der Waals surface area contributed by atoms with Gasteiger partial charge in [-0.2, -0.15) is 0 Å². The van der Waals surface area contributed by atoms with Crippen LogP contribution in [0.25, 0.3) is 32.7 Å². The summed E-state index contributed by atoms with van der Waals surface area (Å²) in [6, 6.07) is 7.78. The van der Waals surface area contributed by atoms with Crippen molar-refractivity contribution in [3.63, 3.8) is 0 Å². The first-order valence-corrected chi connectivity index (χ1v) is 8.29. The Balaban J connectivity index is 0.000000230. The molecule has 5 aromatic rings. The van der Waals surface area contributed by atoms with Crippen LogP contribution in [-0.4, -0.2) is 30.6 Å². The molecule has 0 aliphatic carbocycles. The van der Waals surface area contributed by atoms with Crippen LogP contribution in [0.15, 0.2) is 54.8 Å². The van der Waals surface area contributed by atoms with Gasteiger partial charge in [-0.25, -0.2) is 9.59 Å². The van der Waals surface area contributed by atoms with Gasteiger partial charge in [0.1, 0.15) is 11.5 Å². The van der Waals surface area contributed by atoms with Crippen LogP contribution in [0.1, 0.15) is 0 Å². The van der Waals surface area contributed by atoms with Gasteiger partial charge in [0.2, 0.25) is 11.5 Å². The largest absolute Gasteiger partial charge is 0.508 e. The van der Waals surface area contributed by atoms with Gasteiger partial charge in [0.25, 0.3) is 0 Å². The third kappa shape index (κ3) is 2.75. The fourth-order valence-corrected chi connectivity index (χ4v) is 3.07. The molecule has 0 saturated carbocycles. The highest BCUT2D eigenvalue weighted by Crippen LogP contribution is 2.44. The van der Waals surface area contributed by atoms with Crippen LogP contribution >= 0.6 is 0 Å². The first kappa shape index (κ1) is 18.7. The van der Waals surface area contributed by atoms with E-state index < -0.39 is 45.4 Å². The molecule has 0 bridgehead atoms. The quantitative estimate of drug-likeness (QED) is 0.125. The summed E-state index contributed by atoms with van der Waals surface area (Å²) in [6.07, 6.45) is 0. The highest BCUT2D eigenvalue weighted by atomic mass is 16.4. The van der Waals surface area contributed by atoms with Crippen LogP contribution in [0, 0.1) is 0 Å². The third-order valence-corrected chi connectivity index (χ3v) is 4.38. The van der Waals surface area contributed by atoms with Crippen LogP contribution in [0.4, 0.5) is 0 Å². The van der Waals surface area contributed by atoms with Crippen molar-refractivity contribution < 1.29 is 39.5 Å². The van der Waals surface area contributed by atoms with Gasteiger partial charge in [-0.15, -0.1) is 0 Å². The lowest BCUT2D eigenvalue weighted by molar-refractivity contribution is 0.395. The van der Waals surface area contributed by atoms with Crippen LogP contribution < -0.4 is 11.3 Å². The molecule has 5 rings (SSSR count). The van der Waals surface area contributed by atoms with Gasteiger partial charge in [-0.1, -0.05) is 6.07 Å². The predicted molar refractivity (Wildman–Crippen MR) is 104 cm³/mol. The van der Waals surface area contributed by atoms with Crippen molar-refractivity contribution >= 4 is 32.7 Å². The molecule has 0 radical (unpaired) electrons. The highest BCUT2D eigenvalue weighted by molar-refractivity contribution is 6.22. The number of hydrogen-bond donors (Lipinski definition) is 6. The second kappa shape index (κ2) is 6.48. The maximum atomic E-state index is 12.0. The molecule has 10 heteroatoms. The second-order valence-corrected chi connectivity index (χ2v) is 6.29. The van der Waals surface area contributed by atoms with Gasteiger partial charge < -0.3 is 39.5 Å². The Morgan fingerprint density at radius 3 is 1.33 bits per heavy atom. The topological polar surface area (TPSA) is 182 Å².